The summed E-state index contributed by atoms with van der Waals surface area (Å²) in [5.74, 6) is 0.0470. The first-order valence-electron chi connectivity index (χ1n) is 5.46. The summed E-state index contributed by atoms with van der Waals surface area (Å²) in [5.41, 5.74) is 0.359. The van der Waals surface area contributed by atoms with E-state index in [1.54, 1.807) is 6.08 Å². The Morgan fingerprint density at radius 1 is 1.64 bits per heavy atom. The lowest BCUT2D eigenvalue weighted by molar-refractivity contribution is 0.176. The molecule has 0 aromatic rings. The second-order valence-electron chi connectivity index (χ2n) is 4.89. The van der Waals surface area contributed by atoms with Gasteiger partial charge in [0, 0.05) is 26.2 Å². The fourth-order valence-electron chi connectivity index (χ4n) is 2.44. The van der Waals surface area contributed by atoms with Crippen LogP contribution in [0.15, 0.2) is 11.9 Å². The van der Waals surface area contributed by atoms with Gasteiger partial charge in [-0.05, 0) is 24.8 Å². The highest BCUT2D eigenvalue weighted by Crippen LogP contribution is 2.27. The predicted octanol–water partition coefficient (Wildman–Crippen LogP) is 1.55. The average molecular weight is 198 g/mol. The Balaban J connectivity index is 1.88. The zero-order chi connectivity index (χ0) is 10.0. The number of hydrogen-bond donors (Lipinski definition) is 1. The first kappa shape index (κ1) is 10.1. The van der Waals surface area contributed by atoms with Crippen molar-refractivity contribution in [1.82, 2.24) is 10.2 Å². The SMILES string of the molecule is CC1(CN2CCC=C(F)C2)CCNC1. The van der Waals surface area contributed by atoms with Crippen molar-refractivity contribution < 1.29 is 4.39 Å². The molecule has 0 bridgehead atoms. The van der Waals surface area contributed by atoms with Gasteiger partial charge in [0.1, 0.15) is 5.83 Å². The first-order chi connectivity index (χ1) is 6.68. The van der Waals surface area contributed by atoms with Gasteiger partial charge in [0.15, 0.2) is 0 Å². The minimum Gasteiger partial charge on any atom is -0.316 e. The summed E-state index contributed by atoms with van der Waals surface area (Å²) in [6, 6.07) is 0. The lowest BCUT2D eigenvalue weighted by Gasteiger charge is -2.32. The number of hydrogen-bond acceptors (Lipinski definition) is 2. The maximum absolute atomic E-state index is 13.0. The molecule has 1 N–H and O–H groups in total. The average Bonchev–Trinajstić information content (AvgIpc) is 2.51. The Hall–Kier alpha value is -0.410. The molecule has 2 aliphatic rings. The van der Waals surface area contributed by atoms with E-state index >= 15 is 0 Å². The molecule has 14 heavy (non-hydrogen) atoms. The van der Waals surface area contributed by atoms with Crippen LogP contribution in [0.3, 0.4) is 0 Å². The number of halogens is 1. The van der Waals surface area contributed by atoms with Crippen LogP contribution in [0, 0.1) is 5.41 Å². The van der Waals surface area contributed by atoms with E-state index in [2.05, 4.69) is 17.1 Å². The van der Waals surface area contributed by atoms with Crippen LogP contribution in [0.25, 0.3) is 0 Å². The van der Waals surface area contributed by atoms with E-state index in [1.165, 1.54) is 6.42 Å². The Bertz CT molecular complexity index is 231. The van der Waals surface area contributed by atoms with Gasteiger partial charge in [-0.25, -0.2) is 4.39 Å². The van der Waals surface area contributed by atoms with Gasteiger partial charge >= 0.3 is 0 Å². The van der Waals surface area contributed by atoms with Gasteiger partial charge in [-0.3, -0.25) is 4.90 Å². The molecule has 1 unspecified atom stereocenters. The molecule has 0 aromatic carbocycles. The molecule has 0 spiro atoms. The maximum atomic E-state index is 13.0. The van der Waals surface area contributed by atoms with Gasteiger partial charge in [-0.1, -0.05) is 13.0 Å². The lowest BCUT2D eigenvalue weighted by Crippen LogP contribution is -2.39. The Morgan fingerprint density at radius 2 is 2.50 bits per heavy atom. The second-order valence-corrected chi connectivity index (χ2v) is 4.89. The molecule has 80 valence electrons. The van der Waals surface area contributed by atoms with Gasteiger partial charge < -0.3 is 5.32 Å². The quantitative estimate of drug-likeness (QED) is 0.724. The van der Waals surface area contributed by atoms with Crippen LogP contribution in [-0.4, -0.2) is 37.6 Å². The minimum atomic E-state index is 0.0470. The van der Waals surface area contributed by atoms with Crippen molar-refractivity contribution in [3.8, 4) is 0 Å². The summed E-state index contributed by atoms with van der Waals surface area (Å²) in [6.45, 7) is 7.06. The molecule has 3 heteroatoms. The van der Waals surface area contributed by atoms with Crippen LogP contribution in [-0.2, 0) is 0 Å². The smallest absolute Gasteiger partial charge is 0.110 e. The standard InChI is InChI=1S/C11H19FN2/c1-11(4-5-13-8-11)9-14-6-2-3-10(12)7-14/h3,13H,2,4-9H2,1H3. The molecule has 1 atom stereocenters. The Morgan fingerprint density at radius 3 is 3.14 bits per heavy atom. The van der Waals surface area contributed by atoms with Crippen molar-refractivity contribution in [3.05, 3.63) is 11.9 Å². The van der Waals surface area contributed by atoms with Gasteiger partial charge in [0.2, 0.25) is 0 Å². The van der Waals surface area contributed by atoms with Crippen LogP contribution in [0.5, 0.6) is 0 Å². The molecule has 2 rings (SSSR count). The summed E-state index contributed by atoms with van der Waals surface area (Å²) >= 11 is 0. The summed E-state index contributed by atoms with van der Waals surface area (Å²) in [6.07, 6.45) is 3.80. The van der Waals surface area contributed by atoms with E-state index in [9.17, 15) is 4.39 Å². The molecule has 1 saturated heterocycles. The molecule has 0 amide bonds. The van der Waals surface area contributed by atoms with Crippen LogP contribution >= 0.6 is 0 Å². The van der Waals surface area contributed by atoms with Gasteiger partial charge in [-0.15, -0.1) is 0 Å². The lowest BCUT2D eigenvalue weighted by atomic mass is 9.89. The Kier molecular flexibility index (Phi) is 2.88. The third-order valence-electron chi connectivity index (χ3n) is 3.25. The van der Waals surface area contributed by atoms with Crippen LogP contribution < -0.4 is 5.32 Å². The van der Waals surface area contributed by atoms with Crippen molar-refractivity contribution in [1.29, 1.82) is 0 Å². The van der Waals surface area contributed by atoms with Crippen LogP contribution in [0.4, 0.5) is 4.39 Å². The fourth-order valence-corrected chi connectivity index (χ4v) is 2.44. The van der Waals surface area contributed by atoms with E-state index in [4.69, 9.17) is 0 Å². The predicted molar refractivity (Wildman–Crippen MR) is 55.8 cm³/mol. The molecule has 0 aliphatic carbocycles. The van der Waals surface area contributed by atoms with Crippen LogP contribution in [0.2, 0.25) is 0 Å². The van der Waals surface area contributed by atoms with Crippen molar-refractivity contribution >= 4 is 0 Å². The number of nitrogens with zero attached hydrogens (tertiary/aromatic N) is 1. The van der Waals surface area contributed by atoms with E-state index in [0.717, 1.165) is 32.6 Å². The highest BCUT2D eigenvalue weighted by atomic mass is 19.1. The molecule has 1 fully saturated rings. The molecule has 0 radical (unpaired) electrons. The highest BCUT2D eigenvalue weighted by molar-refractivity contribution is 5.00. The minimum absolute atomic E-state index is 0.0470. The fraction of sp³-hybridized carbons (Fsp3) is 0.818. The maximum Gasteiger partial charge on any atom is 0.110 e. The molecule has 0 saturated carbocycles. The molecule has 2 aliphatic heterocycles. The largest absolute Gasteiger partial charge is 0.316 e. The van der Waals surface area contributed by atoms with E-state index in [1.807, 2.05) is 0 Å². The zero-order valence-electron chi connectivity index (χ0n) is 8.85. The third kappa shape index (κ3) is 2.34. The molecule has 2 heterocycles. The van der Waals surface area contributed by atoms with E-state index < -0.39 is 0 Å². The summed E-state index contributed by atoms with van der Waals surface area (Å²) in [4.78, 5) is 2.24. The molecule has 0 aromatic heterocycles. The number of nitrogens with one attached hydrogen (secondary N) is 1. The molecule has 2 nitrogen and oxygen atoms in total. The van der Waals surface area contributed by atoms with Crippen molar-refractivity contribution in [2.24, 2.45) is 5.41 Å². The van der Waals surface area contributed by atoms with Crippen molar-refractivity contribution in [2.45, 2.75) is 19.8 Å². The van der Waals surface area contributed by atoms with E-state index in [0.29, 0.717) is 12.0 Å². The van der Waals surface area contributed by atoms with Gasteiger partial charge in [0.05, 0.1) is 0 Å². The summed E-state index contributed by atoms with van der Waals surface area (Å²) < 4.78 is 13.0. The monoisotopic (exact) mass is 198 g/mol. The van der Waals surface area contributed by atoms with E-state index in [-0.39, 0.29) is 5.83 Å². The highest BCUT2D eigenvalue weighted by Gasteiger charge is 2.31. The summed E-state index contributed by atoms with van der Waals surface area (Å²) in [5, 5.41) is 3.38. The van der Waals surface area contributed by atoms with Gasteiger partial charge in [-0.2, -0.15) is 0 Å². The normalized spacial score (nSPS) is 34.6. The molecular weight excluding hydrogens is 179 g/mol. The van der Waals surface area contributed by atoms with Crippen molar-refractivity contribution in [2.75, 3.05) is 32.7 Å². The number of rotatable bonds is 2. The van der Waals surface area contributed by atoms with Crippen LogP contribution in [0.1, 0.15) is 19.8 Å². The van der Waals surface area contributed by atoms with Gasteiger partial charge in [0.25, 0.3) is 0 Å². The summed E-state index contributed by atoms with van der Waals surface area (Å²) in [7, 11) is 0. The second kappa shape index (κ2) is 3.99. The van der Waals surface area contributed by atoms with Crippen molar-refractivity contribution in [3.63, 3.8) is 0 Å². The first-order valence-corrected chi connectivity index (χ1v) is 5.46. The zero-order valence-corrected chi connectivity index (χ0v) is 8.85. The Labute approximate surface area is 85.2 Å². The third-order valence-corrected chi connectivity index (χ3v) is 3.25. The topological polar surface area (TPSA) is 15.3 Å². The molecular formula is C11H19FN2.